The Morgan fingerprint density at radius 2 is 1.32 bits per heavy atom. The van der Waals surface area contributed by atoms with Gasteiger partial charge < -0.3 is 24.2 Å². The number of nitrogens with zero attached hydrogens (tertiary/aromatic N) is 1. The lowest BCUT2D eigenvalue weighted by atomic mass is 10.1. The second-order valence-electron chi connectivity index (χ2n) is 6.46. The zero-order chi connectivity index (χ0) is 21.9. The van der Waals surface area contributed by atoms with Crippen molar-refractivity contribution in [2.24, 2.45) is 5.16 Å². The van der Waals surface area contributed by atoms with E-state index in [1.807, 2.05) is 54.6 Å². The summed E-state index contributed by atoms with van der Waals surface area (Å²) in [6.45, 7) is 0.290. The van der Waals surface area contributed by atoms with Crippen LogP contribution in [0.25, 0.3) is 0 Å². The van der Waals surface area contributed by atoms with E-state index in [1.54, 1.807) is 24.3 Å². The summed E-state index contributed by atoms with van der Waals surface area (Å²) in [5, 5.41) is 12.7. The van der Waals surface area contributed by atoms with Gasteiger partial charge in [-0.1, -0.05) is 47.6 Å². The van der Waals surface area contributed by atoms with Gasteiger partial charge in [-0.2, -0.15) is 0 Å². The standard InChI is InChI=1S/C24H23NO6/c1-28-25-23(19-5-3-2-4-6-19)16-30-20-9-7-18(8-10-20)15-29-21-11-13-22(14-12-21)31-17-24(26)27/h2-14H,15-17H2,1H3,(H,26,27). The molecule has 0 unspecified atom stereocenters. The van der Waals surface area contributed by atoms with Gasteiger partial charge in [-0.3, -0.25) is 0 Å². The molecule has 0 radical (unpaired) electrons. The zero-order valence-electron chi connectivity index (χ0n) is 17.1. The highest BCUT2D eigenvalue weighted by Crippen LogP contribution is 2.20. The molecule has 0 aromatic heterocycles. The number of hydrogen-bond acceptors (Lipinski definition) is 6. The number of carboxylic acid groups (broad SMARTS) is 1. The van der Waals surface area contributed by atoms with Gasteiger partial charge in [0.2, 0.25) is 0 Å². The predicted octanol–water partition coefficient (Wildman–Crippen LogP) is 4.16. The number of ether oxygens (including phenoxy) is 3. The van der Waals surface area contributed by atoms with Crippen LogP contribution in [-0.4, -0.2) is 37.1 Å². The van der Waals surface area contributed by atoms with Crippen LogP contribution in [0, 0.1) is 0 Å². The van der Waals surface area contributed by atoms with E-state index in [0.717, 1.165) is 11.1 Å². The Labute approximate surface area is 180 Å². The van der Waals surface area contributed by atoms with Crippen LogP contribution in [0.2, 0.25) is 0 Å². The van der Waals surface area contributed by atoms with Gasteiger partial charge in [-0.25, -0.2) is 4.79 Å². The molecule has 31 heavy (non-hydrogen) atoms. The molecule has 7 nitrogen and oxygen atoms in total. The van der Waals surface area contributed by atoms with E-state index in [9.17, 15) is 4.79 Å². The minimum absolute atomic E-state index is 0.282. The lowest BCUT2D eigenvalue weighted by molar-refractivity contribution is -0.139. The van der Waals surface area contributed by atoms with E-state index in [0.29, 0.717) is 29.6 Å². The van der Waals surface area contributed by atoms with E-state index < -0.39 is 5.97 Å². The Bertz CT molecular complexity index is 985. The SMILES string of the molecule is CON=C(COc1ccc(COc2ccc(OCC(=O)O)cc2)cc1)c1ccccc1. The van der Waals surface area contributed by atoms with Gasteiger partial charge in [0.05, 0.1) is 0 Å². The lowest BCUT2D eigenvalue weighted by Gasteiger charge is -2.10. The average Bonchev–Trinajstić information content (AvgIpc) is 2.81. The van der Waals surface area contributed by atoms with Crippen LogP contribution in [0.5, 0.6) is 17.2 Å². The fourth-order valence-corrected chi connectivity index (χ4v) is 2.68. The van der Waals surface area contributed by atoms with Crippen molar-refractivity contribution in [1.82, 2.24) is 0 Å². The molecule has 0 aliphatic rings. The number of aliphatic carboxylic acids is 1. The predicted molar refractivity (Wildman–Crippen MR) is 116 cm³/mol. The van der Waals surface area contributed by atoms with Crippen molar-refractivity contribution in [1.29, 1.82) is 0 Å². The molecule has 0 aliphatic heterocycles. The topological polar surface area (TPSA) is 86.6 Å². The average molecular weight is 421 g/mol. The summed E-state index contributed by atoms with van der Waals surface area (Å²) in [7, 11) is 1.51. The highest BCUT2D eigenvalue weighted by atomic mass is 16.6. The fourth-order valence-electron chi connectivity index (χ4n) is 2.68. The van der Waals surface area contributed by atoms with Crippen molar-refractivity contribution in [2.45, 2.75) is 6.61 Å². The second kappa shape index (κ2) is 11.3. The Morgan fingerprint density at radius 1 is 0.774 bits per heavy atom. The Kier molecular flexibility index (Phi) is 7.88. The summed E-state index contributed by atoms with van der Waals surface area (Å²) in [6, 6.07) is 24.1. The summed E-state index contributed by atoms with van der Waals surface area (Å²) in [5.74, 6) is 0.827. The summed E-state index contributed by atoms with van der Waals surface area (Å²) < 4.78 is 16.7. The first kappa shape index (κ1) is 21.7. The van der Waals surface area contributed by atoms with Gasteiger partial charge in [0, 0.05) is 5.56 Å². The van der Waals surface area contributed by atoms with Gasteiger partial charge in [0.25, 0.3) is 0 Å². The third-order valence-electron chi connectivity index (χ3n) is 4.20. The highest BCUT2D eigenvalue weighted by Gasteiger charge is 2.06. The number of hydrogen-bond donors (Lipinski definition) is 1. The maximum absolute atomic E-state index is 10.5. The quantitative estimate of drug-likeness (QED) is 0.370. The van der Waals surface area contributed by atoms with Crippen LogP contribution in [0.15, 0.2) is 84.0 Å². The van der Waals surface area contributed by atoms with E-state index in [2.05, 4.69) is 5.16 Å². The van der Waals surface area contributed by atoms with Crippen molar-refractivity contribution in [3.05, 3.63) is 90.0 Å². The third-order valence-corrected chi connectivity index (χ3v) is 4.20. The van der Waals surface area contributed by atoms with Crippen LogP contribution >= 0.6 is 0 Å². The maximum atomic E-state index is 10.5. The number of benzene rings is 3. The van der Waals surface area contributed by atoms with Crippen molar-refractivity contribution >= 4 is 11.7 Å². The van der Waals surface area contributed by atoms with Crippen LogP contribution < -0.4 is 14.2 Å². The molecule has 0 fully saturated rings. The summed E-state index contributed by atoms with van der Waals surface area (Å²) >= 11 is 0. The molecule has 3 aromatic rings. The number of carboxylic acids is 1. The Morgan fingerprint density at radius 3 is 1.90 bits per heavy atom. The first-order chi connectivity index (χ1) is 15.1. The van der Waals surface area contributed by atoms with Crippen LogP contribution in [0.1, 0.15) is 11.1 Å². The molecule has 0 atom stereocenters. The molecule has 0 saturated heterocycles. The molecular formula is C24H23NO6. The molecule has 7 heteroatoms. The van der Waals surface area contributed by atoms with Gasteiger partial charge in [0.1, 0.15) is 43.3 Å². The van der Waals surface area contributed by atoms with Crippen molar-refractivity contribution in [2.75, 3.05) is 20.3 Å². The molecule has 3 aromatic carbocycles. The summed E-state index contributed by atoms with van der Waals surface area (Å²) in [5.41, 5.74) is 2.62. The molecule has 0 spiro atoms. The monoisotopic (exact) mass is 421 g/mol. The van der Waals surface area contributed by atoms with Crippen molar-refractivity contribution in [3.8, 4) is 17.2 Å². The molecule has 3 rings (SSSR count). The minimum Gasteiger partial charge on any atom is -0.489 e. The molecular weight excluding hydrogens is 398 g/mol. The van der Waals surface area contributed by atoms with E-state index in [1.165, 1.54) is 7.11 Å². The molecule has 0 amide bonds. The smallest absolute Gasteiger partial charge is 0.341 e. The van der Waals surface area contributed by atoms with Gasteiger partial charge in [0.15, 0.2) is 6.61 Å². The van der Waals surface area contributed by atoms with E-state index >= 15 is 0 Å². The van der Waals surface area contributed by atoms with E-state index in [4.69, 9.17) is 24.2 Å². The largest absolute Gasteiger partial charge is 0.489 e. The number of rotatable bonds is 11. The molecule has 0 bridgehead atoms. The fraction of sp³-hybridized carbons (Fsp3) is 0.167. The summed E-state index contributed by atoms with van der Waals surface area (Å²) in [4.78, 5) is 15.5. The zero-order valence-corrected chi connectivity index (χ0v) is 17.1. The van der Waals surface area contributed by atoms with Crippen molar-refractivity contribution < 1.29 is 28.9 Å². The third kappa shape index (κ3) is 7.08. The van der Waals surface area contributed by atoms with Gasteiger partial charge in [-0.15, -0.1) is 0 Å². The van der Waals surface area contributed by atoms with Gasteiger partial charge in [-0.05, 0) is 42.0 Å². The number of carbonyl (C=O) groups is 1. The first-order valence-electron chi connectivity index (χ1n) is 9.58. The Hall–Kier alpha value is -4.00. The summed E-state index contributed by atoms with van der Waals surface area (Å²) in [6.07, 6.45) is 0. The highest BCUT2D eigenvalue weighted by molar-refractivity contribution is 6.01. The lowest BCUT2D eigenvalue weighted by Crippen LogP contribution is -2.13. The van der Waals surface area contributed by atoms with E-state index in [-0.39, 0.29) is 13.2 Å². The molecule has 0 aliphatic carbocycles. The van der Waals surface area contributed by atoms with Crippen LogP contribution in [-0.2, 0) is 16.2 Å². The normalized spacial score (nSPS) is 10.9. The second-order valence-corrected chi connectivity index (χ2v) is 6.46. The van der Waals surface area contributed by atoms with Crippen molar-refractivity contribution in [3.63, 3.8) is 0 Å². The Balaban J connectivity index is 1.50. The first-order valence-corrected chi connectivity index (χ1v) is 9.58. The van der Waals surface area contributed by atoms with Crippen LogP contribution in [0.4, 0.5) is 0 Å². The molecule has 160 valence electrons. The van der Waals surface area contributed by atoms with Crippen LogP contribution in [0.3, 0.4) is 0 Å². The molecule has 0 heterocycles. The van der Waals surface area contributed by atoms with Gasteiger partial charge >= 0.3 is 5.97 Å². The molecule has 1 N–H and O–H groups in total. The number of oxime groups is 1. The minimum atomic E-state index is -1.02. The molecule has 0 saturated carbocycles. The maximum Gasteiger partial charge on any atom is 0.341 e.